The average molecular weight is 380 g/mol. The van der Waals surface area contributed by atoms with Gasteiger partial charge in [0.15, 0.2) is 0 Å². The van der Waals surface area contributed by atoms with E-state index in [0.717, 1.165) is 24.8 Å². The van der Waals surface area contributed by atoms with Crippen LogP contribution in [0.2, 0.25) is 0 Å². The van der Waals surface area contributed by atoms with Crippen molar-refractivity contribution in [2.75, 3.05) is 6.54 Å². The Morgan fingerprint density at radius 3 is 2.29 bits per heavy atom. The summed E-state index contributed by atoms with van der Waals surface area (Å²) >= 11 is 0. The summed E-state index contributed by atoms with van der Waals surface area (Å²) in [6, 6.07) is 19.2. The van der Waals surface area contributed by atoms with Gasteiger partial charge in [-0.05, 0) is 42.9 Å². The number of carbonyl (C=O) groups excluding carboxylic acids is 2. The van der Waals surface area contributed by atoms with Crippen molar-refractivity contribution in [2.45, 2.75) is 45.8 Å². The third-order valence-corrected chi connectivity index (χ3v) is 5.60. The molecule has 2 aliphatic rings. The number of hydrogen-bond donors (Lipinski definition) is 0. The highest BCUT2D eigenvalue weighted by molar-refractivity contribution is 6.05. The minimum Gasteiger partial charge on any atom is -0.373 e. The molecular formula is C24H29NO3. The van der Waals surface area contributed by atoms with Crippen molar-refractivity contribution >= 4 is 11.8 Å². The molecule has 0 radical (unpaired) electrons. The van der Waals surface area contributed by atoms with Gasteiger partial charge in [-0.3, -0.25) is 14.5 Å². The molecule has 148 valence electrons. The minimum absolute atomic E-state index is 0.0269. The van der Waals surface area contributed by atoms with E-state index in [1.807, 2.05) is 50.2 Å². The Balaban J connectivity index is 0.00000109. The number of benzene rings is 2. The number of hydrogen-bond acceptors (Lipinski definition) is 3. The third kappa shape index (κ3) is 4.33. The van der Waals surface area contributed by atoms with Crippen LogP contribution in [-0.4, -0.2) is 29.4 Å². The van der Waals surface area contributed by atoms with Crippen LogP contribution >= 0.6 is 0 Å². The van der Waals surface area contributed by atoms with E-state index in [4.69, 9.17) is 4.74 Å². The van der Waals surface area contributed by atoms with E-state index < -0.39 is 0 Å². The van der Waals surface area contributed by atoms with E-state index >= 15 is 0 Å². The van der Waals surface area contributed by atoms with Crippen LogP contribution in [-0.2, 0) is 16.1 Å². The number of carbonyl (C=O) groups is 2. The number of amides is 2. The molecule has 0 N–H and O–H groups in total. The van der Waals surface area contributed by atoms with Crippen molar-refractivity contribution in [3.8, 4) is 0 Å². The number of piperidine rings is 1. The van der Waals surface area contributed by atoms with E-state index in [2.05, 4.69) is 12.1 Å². The van der Waals surface area contributed by atoms with Crippen LogP contribution in [0.4, 0.5) is 0 Å². The summed E-state index contributed by atoms with van der Waals surface area (Å²) in [6.07, 6.45) is 2.63. The monoisotopic (exact) mass is 379 g/mol. The molecule has 2 aromatic carbocycles. The van der Waals surface area contributed by atoms with E-state index in [1.54, 1.807) is 12.1 Å². The van der Waals surface area contributed by atoms with Gasteiger partial charge in [-0.2, -0.15) is 0 Å². The van der Waals surface area contributed by atoms with Crippen LogP contribution in [0.25, 0.3) is 0 Å². The Kier molecular flexibility index (Phi) is 6.99. The zero-order chi connectivity index (χ0) is 19.9. The first-order valence-corrected chi connectivity index (χ1v) is 10.3. The van der Waals surface area contributed by atoms with Crippen LogP contribution in [0.3, 0.4) is 0 Å². The van der Waals surface area contributed by atoms with Gasteiger partial charge in [0.2, 0.25) is 5.91 Å². The predicted molar refractivity (Wildman–Crippen MR) is 110 cm³/mol. The summed E-state index contributed by atoms with van der Waals surface area (Å²) in [7, 11) is 0. The van der Waals surface area contributed by atoms with Crippen molar-refractivity contribution in [3.05, 3.63) is 71.8 Å². The molecule has 0 bridgehead atoms. The molecule has 2 amide bonds. The summed E-state index contributed by atoms with van der Waals surface area (Å²) in [5.41, 5.74) is 1.73. The fourth-order valence-corrected chi connectivity index (χ4v) is 4.24. The second-order valence-electron chi connectivity index (χ2n) is 7.13. The van der Waals surface area contributed by atoms with Crippen molar-refractivity contribution in [3.63, 3.8) is 0 Å². The lowest BCUT2D eigenvalue weighted by Crippen LogP contribution is -2.48. The SMILES string of the molecule is CC.O=C(c1ccccc1)N1CCC2C(OCc3ccccc3)CCC2C1=O. The highest BCUT2D eigenvalue weighted by Crippen LogP contribution is 2.41. The summed E-state index contributed by atoms with van der Waals surface area (Å²) in [5, 5.41) is 0. The maximum Gasteiger partial charge on any atom is 0.260 e. The predicted octanol–water partition coefficient (Wildman–Crippen LogP) is 4.70. The Bertz CT molecular complexity index is 775. The molecule has 4 nitrogen and oxygen atoms in total. The molecule has 1 saturated heterocycles. The molecule has 0 spiro atoms. The van der Waals surface area contributed by atoms with E-state index in [1.165, 1.54) is 4.90 Å². The maximum absolute atomic E-state index is 12.9. The van der Waals surface area contributed by atoms with Gasteiger partial charge in [0.1, 0.15) is 0 Å². The first kappa shape index (κ1) is 20.3. The number of likely N-dealkylation sites (tertiary alicyclic amines) is 1. The van der Waals surface area contributed by atoms with Gasteiger partial charge in [0, 0.05) is 18.0 Å². The van der Waals surface area contributed by atoms with Crippen LogP contribution in [0.5, 0.6) is 0 Å². The summed E-state index contributed by atoms with van der Waals surface area (Å²) in [5.74, 6) is -0.0631. The van der Waals surface area contributed by atoms with Gasteiger partial charge in [0.05, 0.1) is 12.7 Å². The fourth-order valence-electron chi connectivity index (χ4n) is 4.24. The Hall–Kier alpha value is -2.46. The average Bonchev–Trinajstić information content (AvgIpc) is 3.19. The molecule has 1 saturated carbocycles. The smallest absolute Gasteiger partial charge is 0.260 e. The lowest BCUT2D eigenvalue weighted by molar-refractivity contribution is -0.139. The van der Waals surface area contributed by atoms with Crippen molar-refractivity contribution in [2.24, 2.45) is 11.8 Å². The van der Waals surface area contributed by atoms with E-state index in [0.29, 0.717) is 18.7 Å². The third-order valence-electron chi connectivity index (χ3n) is 5.60. The molecule has 1 aliphatic heterocycles. The summed E-state index contributed by atoms with van der Waals surface area (Å²) in [6.45, 7) is 5.06. The number of ether oxygens (including phenoxy) is 1. The van der Waals surface area contributed by atoms with Gasteiger partial charge in [-0.15, -0.1) is 0 Å². The quantitative estimate of drug-likeness (QED) is 0.724. The normalized spacial score (nSPS) is 23.6. The van der Waals surface area contributed by atoms with Crippen LogP contribution in [0.1, 0.15) is 49.0 Å². The minimum atomic E-state index is -0.178. The molecule has 1 heterocycles. The summed E-state index contributed by atoms with van der Waals surface area (Å²) < 4.78 is 6.13. The van der Waals surface area contributed by atoms with Gasteiger partial charge >= 0.3 is 0 Å². The standard InChI is InChI=1S/C22H23NO3.C2H6/c24-21(17-9-5-2-6-10-17)23-14-13-18-19(22(23)25)11-12-20(18)26-15-16-7-3-1-4-8-16;1-2/h1-10,18-20H,11-15H2;1-2H3. The molecule has 4 rings (SSSR count). The van der Waals surface area contributed by atoms with Gasteiger partial charge in [-0.25, -0.2) is 0 Å². The van der Waals surface area contributed by atoms with Crippen LogP contribution in [0, 0.1) is 11.8 Å². The molecule has 0 aromatic heterocycles. The highest BCUT2D eigenvalue weighted by atomic mass is 16.5. The topological polar surface area (TPSA) is 46.6 Å². The largest absolute Gasteiger partial charge is 0.373 e. The molecule has 28 heavy (non-hydrogen) atoms. The second kappa shape index (κ2) is 9.65. The second-order valence-corrected chi connectivity index (χ2v) is 7.13. The zero-order valence-electron chi connectivity index (χ0n) is 16.7. The lowest BCUT2D eigenvalue weighted by Gasteiger charge is -2.35. The maximum atomic E-state index is 12.9. The molecule has 2 fully saturated rings. The molecule has 3 unspecified atom stereocenters. The Labute approximate surface area is 167 Å². The van der Waals surface area contributed by atoms with E-state index in [9.17, 15) is 9.59 Å². The number of rotatable bonds is 4. The molecular weight excluding hydrogens is 350 g/mol. The van der Waals surface area contributed by atoms with Crippen molar-refractivity contribution < 1.29 is 14.3 Å². The van der Waals surface area contributed by atoms with E-state index in [-0.39, 0.29) is 29.8 Å². The molecule has 4 heteroatoms. The fraction of sp³-hybridized carbons (Fsp3) is 0.417. The Morgan fingerprint density at radius 1 is 0.964 bits per heavy atom. The van der Waals surface area contributed by atoms with Crippen molar-refractivity contribution in [1.82, 2.24) is 4.90 Å². The van der Waals surface area contributed by atoms with Crippen LogP contribution < -0.4 is 0 Å². The molecule has 3 atom stereocenters. The van der Waals surface area contributed by atoms with Crippen molar-refractivity contribution in [1.29, 1.82) is 0 Å². The first-order valence-electron chi connectivity index (χ1n) is 10.3. The zero-order valence-corrected chi connectivity index (χ0v) is 16.7. The summed E-state index contributed by atoms with van der Waals surface area (Å²) in [4.78, 5) is 27.0. The molecule has 1 aliphatic carbocycles. The number of imide groups is 1. The van der Waals surface area contributed by atoms with Gasteiger partial charge in [0.25, 0.3) is 5.91 Å². The van der Waals surface area contributed by atoms with Gasteiger partial charge in [-0.1, -0.05) is 62.4 Å². The highest BCUT2D eigenvalue weighted by Gasteiger charge is 2.46. The van der Waals surface area contributed by atoms with Gasteiger partial charge < -0.3 is 4.74 Å². The number of fused-ring (bicyclic) bond motifs is 1. The van der Waals surface area contributed by atoms with Crippen LogP contribution in [0.15, 0.2) is 60.7 Å². The number of nitrogens with zero attached hydrogens (tertiary/aromatic N) is 1. The Morgan fingerprint density at radius 2 is 1.61 bits per heavy atom. The lowest BCUT2D eigenvalue weighted by atomic mass is 9.86. The molecule has 2 aromatic rings. The first-order chi connectivity index (χ1) is 13.7.